The highest BCUT2D eigenvalue weighted by molar-refractivity contribution is 7.92. The number of hydrogen-bond donors (Lipinski definition) is 2. The van der Waals surface area contributed by atoms with Crippen molar-refractivity contribution in [2.75, 3.05) is 9.44 Å². The second kappa shape index (κ2) is 8.36. The summed E-state index contributed by atoms with van der Waals surface area (Å²) in [4.78, 5) is 8.00. The minimum atomic E-state index is -3.95. The number of rotatable bonds is 7. The lowest BCUT2D eigenvalue weighted by molar-refractivity contribution is 0.599. The molecule has 8 nitrogen and oxygen atoms in total. The van der Waals surface area contributed by atoms with Crippen molar-refractivity contribution in [2.24, 2.45) is 0 Å². The summed E-state index contributed by atoms with van der Waals surface area (Å²) >= 11 is 0. The quantitative estimate of drug-likeness (QED) is 0.571. The van der Waals surface area contributed by atoms with Crippen molar-refractivity contribution in [3.8, 4) is 0 Å². The molecule has 0 amide bonds. The van der Waals surface area contributed by atoms with Gasteiger partial charge >= 0.3 is 0 Å². The van der Waals surface area contributed by atoms with Crippen LogP contribution in [0.2, 0.25) is 0 Å². The molecule has 3 aromatic rings. The first-order valence-electron chi connectivity index (χ1n) is 8.72. The maximum atomic E-state index is 13.0. The summed E-state index contributed by atoms with van der Waals surface area (Å²) in [5.74, 6) is -0.851. The maximum Gasteiger partial charge on any atom is 0.264 e. The number of nitrogens with zero attached hydrogens (tertiary/aromatic N) is 2. The van der Waals surface area contributed by atoms with Gasteiger partial charge in [0, 0.05) is 17.1 Å². The van der Waals surface area contributed by atoms with E-state index in [-0.39, 0.29) is 22.3 Å². The zero-order valence-electron chi connectivity index (χ0n) is 16.1. The van der Waals surface area contributed by atoms with Crippen molar-refractivity contribution < 1.29 is 21.2 Å². The molecule has 0 aliphatic rings. The Kier molecular flexibility index (Phi) is 6.04. The fourth-order valence-electron chi connectivity index (χ4n) is 2.67. The predicted octanol–water partition coefficient (Wildman–Crippen LogP) is 2.98. The van der Waals surface area contributed by atoms with Crippen molar-refractivity contribution >= 4 is 31.7 Å². The smallest absolute Gasteiger partial charge is 0.264 e. The summed E-state index contributed by atoms with van der Waals surface area (Å²) in [5, 5.41) is 0. The Hall–Kier alpha value is -3.05. The summed E-state index contributed by atoms with van der Waals surface area (Å²) in [6.07, 6.45) is 0. The van der Waals surface area contributed by atoms with Crippen LogP contribution in [0, 0.1) is 19.7 Å². The molecular formula is C19H19FN4O4S2. The van der Waals surface area contributed by atoms with Crippen molar-refractivity contribution in [3.63, 3.8) is 0 Å². The molecule has 3 rings (SSSR count). The van der Waals surface area contributed by atoms with Crippen molar-refractivity contribution in [1.29, 1.82) is 0 Å². The van der Waals surface area contributed by atoms with Gasteiger partial charge in [0.05, 0.1) is 10.6 Å². The lowest BCUT2D eigenvalue weighted by atomic mass is 10.2. The molecule has 0 bridgehead atoms. The van der Waals surface area contributed by atoms with Crippen LogP contribution in [0.5, 0.6) is 0 Å². The molecule has 11 heteroatoms. The van der Waals surface area contributed by atoms with Gasteiger partial charge in [0.15, 0.2) is 0 Å². The zero-order chi connectivity index (χ0) is 21.9. The average Bonchev–Trinajstić information content (AvgIpc) is 2.62. The Morgan fingerprint density at radius 2 is 1.40 bits per heavy atom. The largest absolute Gasteiger partial charge is 0.283 e. The first-order valence-corrected chi connectivity index (χ1v) is 11.9. The van der Waals surface area contributed by atoms with Gasteiger partial charge in [-0.3, -0.25) is 4.72 Å². The number of anilines is 2. The summed E-state index contributed by atoms with van der Waals surface area (Å²) in [7, 11) is -7.71. The van der Waals surface area contributed by atoms with E-state index < -0.39 is 25.9 Å². The first kappa shape index (κ1) is 21.7. The molecule has 2 N–H and O–H groups in total. The number of hydrogen-bond acceptors (Lipinski definition) is 6. The SMILES string of the molecule is Cc1cc(C)nc(NS(=O)(=O)c2ccc(NS(=O)(=O)Cc3ccc(F)cc3)cc2)n1. The van der Waals surface area contributed by atoms with E-state index in [2.05, 4.69) is 19.4 Å². The topological polar surface area (TPSA) is 118 Å². The third-order valence-corrected chi connectivity index (χ3v) is 6.52. The molecule has 0 saturated carbocycles. The maximum absolute atomic E-state index is 13.0. The van der Waals surface area contributed by atoms with Crippen LogP contribution >= 0.6 is 0 Å². The van der Waals surface area contributed by atoms with E-state index in [0.29, 0.717) is 17.0 Å². The molecule has 0 saturated heterocycles. The van der Waals surface area contributed by atoms with E-state index in [1.807, 2.05) is 0 Å². The highest BCUT2D eigenvalue weighted by atomic mass is 32.2. The minimum Gasteiger partial charge on any atom is -0.283 e. The molecular weight excluding hydrogens is 431 g/mol. The third kappa shape index (κ3) is 5.74. The molecule has 0 atom stereocenters. The number of aryl methyl sites for hydroxylation is 2. The van der Waals surface area contributed by atoms with Crippen LogP contribution < -0.4 is 9.44 Å². The predicted molar refractivity (Wildman–Crippen MR) is 111 cm³/mol. The van der Waals surface area contributed by atoms with Crippen LogP contribution in [-0.2, 0) is 25.8 Å². The van der Waals surface area contributed by atoms with Gasteiger partial charge in [0.1, 0.15) is 5.82 Å². The van der Waals surface area contributed by atoms with E-state index in [9.17, 15) is 21.2 Å². The van der Waals surface area contributed by atoms with Crippen LogP contribution in [0.4, 0.5) is 16.0 Å². The van der Waals surface area contributed by atoms with Crippen LogP contribution in [0.1, 0.15) is 17.0 Å². The van der Waals surface area contributed by atoms with Gasteiger partial charge in [-0.1, -0.05) is 12.1 Å². The molecule has 0 radical (unpaired) electrons. The Morgan fingerprint density at radius 3 is 1.97 bits per heavy atom. The minimum absolute atomic E-state index is 0.0448. The average molecular weight is 451 g/mol. The molecule has 0 spiro atoms. The van der Waals surface area contributed by atoms with Gasteiger partial charge in [-0.15, -0.1) is 0 Å². The molecule has 30 heavy (non-hydrogen) atoms. The normalized spacial score (nSPS) is 11.8. The van der Waals surface area contributed by atoms with Crippen LogP contribution in [0.15, 0.2) is 59.5 Å². The molecule has 158 valence electrons. The summed E-state index contributed by atoms with van der Waals surface area (Å²) < 4.78 is 67.3. The monoisotopic (exact) mass is 450 g/mol. The highest BCUT2D eigenvalue weighted by Gasteiger charge is 2.17. The molecule has 0 aliphatic heterocycles. The molecule has 0 aliphatic carbocycles. The van der Waals surface area contributed by atoms with Crippen LogP contribution in [0.25, 0.3) is 0 Å². The fourth-order valence-corrected chi connectivity index (χ4v) is 4.81. The molecule has 1 aromatic heterocycles. The van der Waals surface area contributed by atoms with E-state index in [0.717, 1.165) is 0 Å². The highest BCUT2D eigenvalue weighted by Crippen LogP contribution is 2.19. The summed E-state index contributed by atoms with van der Waals surface area (Å²) in [5.41, 5.74) is 1.84. The molecule has 0 unspecified atom stereocenters. The molecule has 0 fully saturated rings. The Bertz CT molecular complexity index is 1240. The Labute approximate surface area is 174 Å². The zero-order valence-corrected chi connectivity index (χ0v) is 17.8. The Balaban J connectivity index is 1.72. The standard InChI is InChI=1S/C19H19FN4O4S2/c1-13-11-14(2)22-19(21-13)24-30(27,28)18-9-7-17(8-10-18)23-29(25,26)12-15-3-5-16(20)6-4-15/h3-11,23H,12H2,1-2H3,(H,21,22,24). The first-order chi connectivity index (χ1) is 14.0. The Morgan fingerprint density at radius 1 is 0.833 bits per heavy atom. The van der Waals surface area contributed by atoms with Gasteiger partial charge < -0.3 is 0 Å². The van der Waals surface area contributed by atoms with Gasteiger partial charge in [-0.05, 0) is 61.9 Å². The van der Waals surface area contributed by atoms with E-state index in [1.165, 1.54) is 48.5 Å². The molecule has 2 aromatic carbocycles. The lowest BCUT2D eigenvalue weighted by Crippen LogP contribution is -2.17. The van der Waals surface area contributed by atoms with Gasteiger partial charge in [0.25, 0.3) is 10.0 Å². The lowest BCUT2D eigenvalue weighted by Gasteiger charge is -2.10. The fraction of sp³-hybridized carbons (Fsp3) is 0.158. The van der Waals surface area contributed by atoms with Gasteiger partial charge in [0.2, 0.25) is 16.0 Å². The number of benzene rings is 2. The second-order valence-corrected chi connectivity index (χ2v) is 10.00. The second-order valence-electron chi connectivity index (χ2n) is 6.59. The summed E-state index contributed by atoms with van der Waals surface area (Å²) in [6.45, 7) is 3.44. The summed E-state index contributed by atoms with van der Waals surface area (Å²) in [6, 6.07) is 12.0. The molecule has 1 heterocycles. The van der Waals surface area contributed by atoms with Gasteiger partial charge in [-0.25, -0.2) is 35.9 Å². The third-order valence-electron chi connectivity index (χ3n) is 3.92. The van der Waals surface area contributed by atoms with Crippen LogP contribution in [-0.4, -0.2) is 26.8 Å². The number of nitrogens with one attached hydrogen (secondary N) is 2. The van der Waals surface area contributed by atoms with E-state index >= 15 is 0 Å². The van der Waals surface area contributed by atoms with Crippen molar-refractivity contribution in [2.45, 2.75) is 24.5 Å². The number of aromatic nitrogens is 2. The van der Waals surface area contributed by atoms with Crippen molar-refractivity contribution in [1.82, 2.24) is 9.97 Å². The van der Waals surface area contributed by atoms with Crippen LogP contribution in [0.3, 0.4) is 0 Å². The van der Waals surface area contributed by atoms with E-state index in [4.69, 9.17) is 0 Å². The number of sulfonamides is 2. The van der Waals surface area contributed by atoms with E-state index in [1.54, 1.807) is 19.9 Å². The van der Waals surface area contributed by atoms with Gasteiger partial charge in [-0.2, -0.15) is 0 Å². The number of halogens is 1. The van der Waals surface area contributed by atoms with Crippen molar-refractivity contribution in [3.05, 3.63) is 77.4 Å².